The summed E-state index contributed by atoms with van der Waals surface area (Å²) in [4.78, 5) is 149. The molecule has 4 amide bonds. The van der Waals surface area contributed by atoms with Gasteiger partial charge in [-0.1, -0.05) is 33.8 Å². The minimum absolute atomic E-state index is 0. The van der Waals surface area contributed by atoms with Crippen molar-refractivity contribution < 1.29 is 124 Å². The fourth-order valence-electron chi connectivity index (χ4n) is 6.88. The summed E-state index contributed by atoms with van der Waals surface area (Å²) >= 11 is 6.82. The molecule has 33 nitrogen and oxygen atoms in total. The van der Waals surface area contributed by atoms with E-state index in [9.17, 15) is 58.2 Å². The van der Waals surface area contributed by atoms with E-state index in [2.05, 4.69) is 51.1 Å². The molecule has 0 saturated carbocycles. The first-order valence-electron chi connectivity index (χ1n) is 19.9. The Hall–Kier alpha value is -5.40. The van der Waals surface area contributed by atoms with Crippen molar-refractivity contribution in [2.45, 2.75) is 33.1 Å². The SMILES string of the molecule is CO/N=C(/C(=O)N[C@@H]1C(=O)N2C(C(=O)O)=C(CSc3nc(=O)c(=O)[nH]n3C)CS[C@H]12)c1csc(N)n1.CO/N=C(/C(=O)N[C@@H]1C(=O)N2C(C(=O)O)=C(CSc3nc(=O)c(=O)[nH]n3C)CS[C@H]12)c1csc(N)n1.O.O.O.[Na+].[Na+]. The third-order valence-corrected chi connectivity index (χ3v) is 16.3. The van der Waals surface area contributed by atoms with Crippen molar-refractivity contribution in [2.75, 3.05) is 48.7 Å². The Morgan fingerprint density at radius 2 is 1.03 bits per heavy atom. The first-order chi connectivity index (χ1) is 34.2. The van der Waals surface area contributed by atoms with Crippen molar-refractivity contribution in [1.29, 1.82) is 0 Å². The molecule has 77 heavy (non-hydrogen) atoms. The van der Waals surface area contributed by atoms with E-state index in [0.29, 0.717) is 11.1 Å². The van der Waals surface area contributed by atoms with Crippen molar-refractivity contribution in [2.24, 2.45) is 24.4 Å². The summed E-state index contributed by atoms with van der Waals surface area (Å²) < 4.78 is 2.51. The van der Waals surface area contributed by atoms with Gasteiger partial charge in [0.15, 0.2) is 32.0 Å². The molecule has 0 spiro atoms. The maximum Gasteiger partial charge on any atom is 1.00 e. The van der Waals surface area contributed by atoms with Crippen molar-refractivity contribution in [3.8, 4) is 0 Å². The number of H-pyrrole nitrogens is 2. The van der Waals surface area contributed by atoms with Gasteiger partial charge in [-0.25, -0.2) is 19.6 Å². The number of hydrogen-bond acceptors (Lipinski definition) is 26. The largest absolute Gasteiger partial charge is 1.00 e. The van der Waals surface area contributed by atoms with Crippen molar-refractivity contribution in [1.82, 2.24) is 59.9 Å². The Kier molecular flexibility index (Phi) is 25.5. The number of carboxylic acid groups (broad SMARTS) is 2. The molecule has 16 N–H and O–H groups in total. The van der Waals surface area contributed by atoms with Gasteiger partial charge in [0.05, 0.1) is 0 Å². The number of fused-ring (bicyclic) bond motifs is 2. The molecule has 0 unspecified atom stereocenters. The van der Waals surface area contributed by atoms with Gasteiger partial charge in [0.2, 0.25) is 0 Å². The van der Waals surface area contributed by atoms with E-state index >= 15 is 0 Å². The number of nitrogens with one attached hydrogen (secondary N) is 4. The zero-order valence-electron chi connectivity index (χ0n) is 40.7. The van der Waals surface area contributed by atoms with Crippen molar-refractivity contribution in [3.63, 3.8) is 0 Å². The quantitative estimate of drug-likeness (QED) is 0.0129. The molecule has 0 aliphatic carbocycles. The molecule has 8 rings (SSSR count). The van der Waals surface area contributed by atoms with Gasteiger partial charge in [-0.05, 0) is 11.1 Å². The Bertz CT molecular complexity index is 3090. The maximum absolute atomic E-state index is 12.9. The Labute approximate surface area is 499 Å². The number of carboxylic acids is 2. The predicted octanol–water partition coefficient (Wildman–Crippen LogP) is -11.7. The zero-order chi connectivity index (χ0) is 52.3. The number of thiazole rings is 2. The van der Waals surface area contributed by atoms with Crippen LogP contribution < -0.4 is 103 Å². The van der Waals surface area contributed by atoms with Gasteiger partial charge >= 0.3 is 93.3 Å². The second-order valence-electron chi connectivity index (χ2n) is 14.6. The molecule has 0 aromatic carbocycles. The van der Waals surface area contributed by atoms with E-state index < -0.39 is 80.6 Å². The number of aliphatic carboxylic acids is 2. The maximum atomic E-state index is 12.9. The van der Waals surface area contributed by atoms with E-state index in [1.807, 2.05) is 0 Å². The van der Waals surface area contributed by atoms with Crippen LogP contribution in [0.2, 0.25) is 0 Å². The predicted molar refractivity (Wildman–Crippen MR) is 272 cm³/mol. The number of aromatic nitrogens is 8. The van der Waals surface area contributed by atoms with Gasteiger partial charge in [0, 0.05) is 47.9 Å². The second-order valence-corrected chi connectivity index (χ2v) is 20.5. The van der Waals surface area contributed by atoms with Crippen LogP contribution in [0.1, 0.15) is 11.4 Å². The number of β-lactam (4-membered cyclic amide) rings is 2. The number of hydrogen-bond donors (Lipinski definition) is 8. The molecule has 4 aromatic rings. The van der Waals surface area contributed by atoms with Gasteiger partial charge in [-0.15, -0.1) is 46.2 Å². The number of nitrogen functional groups attached to an aromatic ring is 2. The molecule has 2 saturated heterocycles. The summed E-state index contributed by atoms with van der Waals surface area (Å²) in [5.41, 5.74) is 8.00. The molecule has 2 fully saturated rings. The fourth-order valence-corrected chi connectivity index (χ4v) is 12.8. The standard InChI is InChI=1S/2C18H18N8O7S3.2Na.3H2O/c2*1-25-18(22-12(28)13(29)23-25)36-4-6-3-34-15-9(14(30)26(15)10(6)16(31)32)21-11(27)8(24-33-2)7-5-35-17(19)20-7;;;;;/h2*5,9,15H,3-4H2,1-2H3,(H2,19,20)(H,21,27)(H,23,29)(H,31,32);;;3*1H2/q;;2*+1;;;/b2*24-8+;;;;;/t2*9-,15-;;;;;/m11...../s1. The average Bonchev–Trinajstić information content (AvgIpc) is 3.98. The number of anilines is 2. The van der Waals surface area contributed by atoms with E-state index in [-0.39, 0.29) is 153 Å². The topological polar surface area (TPSA) is 524 Å². The molecule has 4 aliphatic heterocycles. The fraction of sp³-hybridized carbons (Fsp3) is 0.333. The first kappa shape index (κ1) is 67.7. The van der Waals surface area contributed by atoms with Crippen molar-refractivity contribution >= 4 is 127 Å². The monoisotopic (exact) mass is 1210 g/mol. The first-order valence-corrected chi connectivity index (χ1v) is 25.7. The molecular formula is C36H42N16Na2O17S6+2. The van der Waals surface area contributed by atoms with Crippen LogP contribution in [0.4, 0.5) is 10.3 Å². The summed E-state index contributed by atoms with van der Waals surface area (Å²) in [6, 6.07) is -1.99. The number of thioether (sulfide) groups is 4. The molecule has 41 heteroatoms. The Morgan fingerprint density at radius 1 is 0.675 bits per heavy atom. The molecule has 8 heterocycles. The molecule has 4 aromatic heterocycles. The summed E-state index contributed by atoms with van der Waals surface area (Å²) in [7, 11) is 5.48. The summed E-state index contributed by atoms with van der Waals surface area (Å²) in [6.07, 6.45) is 0. The van der Waals surface area contributed by atoms with Crippen LogP contribution in [0, 0.1) is 0 Å². The van der Waals surface area contributed by atoms with Crippen LogP contribution in [0.5, 0.6) is 0 Å². The van der Waals surface area contributed by atoms with Gasteiger partial charge < -0.3 is 58.4 Å². The number of amides is 4. The number of oxime groups is 2. The third-order valence-electron chi connectivity index (χ3n) is 10.0. The third kappa shape index (κ3) is 14.6. The molecular weight excluding hydrogens is 1170 g/mol. The van der Waals surface area contributed by atoms with Gasteiger partial charge in [-0.3, -0.25) is 67.7 Å². The van der Waals surface area contributed by atoms with E-state index in [0.717, 1.165) is 56.0 Å². The number of carbonyl (C=O) groups excluding carboxylic acids is 4. The van der Waals surface area contributed by atoms with Crippen molar-refractivity contribution in [3.05, 3.63) is 86.1 Å². The van der Waals surface area contributed by atoms with Gasteiger partial charge in [-0.2, -0.15) is 9.97 Å². The average molecular weight is 1210 g/mol. The normalized spacial score (nSPS) is 18.3. The minimum Gasteiger partial charge on any atom is -0.477 e. The summed E-state index contributed by atoms with van der Waals surface area (Å²) in [5, 5.41) is 39.3. The van der Waals surface area contributed by atoms with E-state index in [1.54, 1.807) is 0 Å². The number of aryl methyl sites for hydroxylation is 2. The van der Waals surface area contributed by atoms with Gasteiger partial charge in [0.25, 0.3) is 23.6 Å². The number of carbonyl (C=O) groups is 6. The smallest absolute Gasteiger partial charge is 0.477 e. The van der Waals surface area contributed by atoms with Crippen LogP contribution in [-0.4, -0.2) is 183 Å². The second kappa shape index (κ2) is 29.0. The summed E-state index contributed by atoms with van der Waals surface area (Å²) in [5.74, 6) is -4.60. The number of nitrogens with two attached hydrogens (primary N) is 2. The molecule has 404 valence electrons. The molecule has 0 bridgehead atoms. The Balaban J connectivity index is 0.000000495. The van der Waals surface area contributed by atoms with Crippen LogP contribution in [0.3, 0.4) is 0 Å². The van der Waals surface area contributed by atoms with Crippen LogP contribution in [0.25, 0.3) is 0 Å². The van der Waals surface area contributed by atoms with Crippen LogP contribution in [0.15, 0.2) is 73.1 Å². The van der Waals surface area contributed by atoms with E-state index in [1.165, 1.54) is 72.0 Å². The molecule has 4 aliphatic rings. The number of rotatable bonds is 16. The van der Waals surface area contributed by atoms with Crippen LogP contribution in [-0.2, 0) is 52.5 Å². The van der Waals surface area contributed by atoms with Crippen LogP contribution >= 0.6 is 69.7 Å². The van der Waals surface area contributed by atoms with Gasteiger partial charge in [0.1, 0.15) is 59.8 Å². The molecule has 0 radical (unpaired) electrons. The number of nitrogens with zero attached hydrogens (tertiary/aromatic N) is 10. The van der Waals surface area contributed by atoms with E-state index in [4.69, 9.17) is 21.1 Å². The minimum atomic E-state index is -1.31. The number of aromatic amines is 2. The molecule has 4 atom stereocenters. The summed E-state index contributed by atoms with van der Waals surface area (Å²) in [6.45, 7) is 0. The Morgan fingerprint density at radius 3 is 1.32 bits per heavy atom. The zero-order valence-corrected chi connectivity index (χ0v) is 49.6.